The molecule has 1 atom stereocenters. The molecule has 27 heavy (non-hydrogen) atoms. The summed E-state index contributed by atoms with van der Waals surface area (Å²) in [6.07, 6.45) is 0. The molecule has 1 aromatic carbocycles. The summed E-state index contributed by atoms with van der Waals surface area (Å²) >= 11 is 0. The van der Waals surface area contributed by atoms with Crippen molar-refractivity contribution in [1.82, 2.24) is 9.80 Å². The Morgan fingerprint density at radius 1 is 1.15 bits per heavy atom. The molecule has 2 rings (SSSR count). The predicted molar refractivity (Wildman–Crippen MR) is 123 cm³/mol. The Morgan fingerprint density at radius 3 is 2.33 bits per heavy atom. The maximum atomic E-state index is 6.11. The van der Waals surface area contributed by atoms with Gasteiger partial charge in [-0.15, -0.1) is 24.0 Å². The molecule has 1 aliphatic heterocycles. The molecule has 7 nitrogen and oxygen atoms in total. The van der Waals surface area contributed by atoms with E-state index in [-0.39, 0.29) is 24.0 Å². The standard InChI is InChI=1S/C19H33N5O2.HI/c1-14(2)16(24-10-8-23(3)9-11-24)13-21-19(20)22-15-6-7-17(25-4)18(12-15)26-5;/h6-7,12,14,16H,8-11,13H2,1-5H3,(H3,20,21,22);1H. The molecule has 0 radical (unpaired) electrons. The lowest BCUT2D eigenvalue weighted by atomic mass is 10.0. The first kappa shape index (κ1) is 23.8. The zero-order valence-corrected chi connectivity index (χ0v) is 19.4. The molecule has 0 aliphatic carbocycles. The highest BCUT2D eigenvalue weighted by Crippen LogP contribution is 2.29. The Balaban J connectivity index is 0.00000364. The van der Waals surface area contributed by atoms with Gasteiger partial charge in [-0.2, -0.15) is 0 Å². The molecule has 3 N–H and O–H groups in total. The molecule has 8 heteroatoms. The topological polar surface area (TPSA) is 75.4 Å². The van der Waals surface area contributed by atoms with E-state index in [1.165, 1.54) is 0 Å². The second-order valence-corrected chi connectivity index (χ2v) is 7.07. The van der Waals surface area contributed by atoms with Gasteiger partial charge in [0.2, 0.25) is 0 Å². The molecule has 0 aromatic heterocycles. The largest absolute Gasteiger partial charge is 0.493 e. The van der Waals surface area contributed by atoms with Gasteiger partial charge in [-0.3, -0.25) is 9.89 Å². The lowest BCUT2D eigenvalue weighted by Gasteiger charge is -2.39. The minimum Gasteiger partial charge on any atom is -0.493 e. The minimum absolute atomic E-state index is 0. The molecular formula is C19H34IN5O2. The third-order valence-electron chi connectivity index (χ3n) is 4.88. The van der Waals surface area contributed by atoms with E-state index in [1.54, 1.807) is 14.2 Å². The van der Waals surface area contributed by atoms with Crippen molar-refractivity contribution in [2.75, 3.05) is 59.3 Å². The van der Waals surface area contributed by atoms with Crippen LogP contribution in [-0.4, -0.2) is 75.8 Å². The van der Waals surface area contributed by atoms with E-state index in [4.69, 9.17) is 15.2 Å². The highest BCUT2D eigenvalue weighted by Gasteiger charge is 2.24. The molecule has 0 bridgehead atoms. The molecule has 154 valence electrons. The molecule has 1 heterocycles. The Kier molecular flexibility index (Phi) is 10.2. The van der Waals surface area contributed by atoms with Crippen LogP contribution < -0.4 is 20.5 Å². The van der Waals surface area contributed by atoms with Crippen LogP contribution in [0.4, 0.5) is 5.69 Å². The summed E-state index contributed by atoms with van der Waals surface area (Å²) < 4.78 is 10.6. The Morgan fingerprint density at radius 2 is 1.78 bits per heavy atom. The fourth-order valence-electron chi connectivity index (χ4n) is 3.19. The number of aliphatic imine (C=N–C) groups is 1. The third-order valence-corrected chi connectivity index (χ3v) is 4.88. The number of piperazine rings is 1. The number of rotatable bonds is 7. The Labute approximate surface area is 180 Å². The van der Waals surface area contributed by atoms with Crippen molar-refractivity contribution in [2.45, 2.75) is 19.9 Å². The van der Waals surface area contributed by atoms with Gasteiger partial charge in [0.05, 0.1) is 20.8 Å². The second kappa shape index (κ2) is 11.6. The summed E-state index contributed by atoms with van der Waals surface area (Å²) in [5.74, 6) is 2.28. The number of likely N-dealkylation sites (N-methyl/N-ethyl adjacent to an activating group) is 1. The van der Waals surface area contributed by atoms with Gasteiger partial charge >= 0.3 is 0 Å². The first-order chi connectivity index (χ1) is 12.4. The number of anilines is 1. The number of nitrogens with zero attached hydrogens (tertiary/aromatic N) is 3. The summed E-state index contributed by atoms with van der Waals surface area (Å²) in [7, 11) is 5.40. The van der Waals surface area contributed by atoms with Gasteiger partial charge < -0.3 is 25.4 Å². The molecule has 1 aromatic rings. The fraction of sp³-hybridized carbons (Fsp3) is 0.632. The molecule has 1 saturated heterocycles. The summed E-state index contributed by atoms with van der Waals surface area (Å²) in [4.78, 5) is 9.48. The van der Waals surface area contributed by atoms with E-state index in [0.717, 1.165) is 31.9 Å². The Hall–Kier alpha value is -1.26. The van der Waals surface area contributed by atoms with Crippen molar-refractivity contribution >= 4 is 35.6 Å². The Bertz CT molecular complexity index is 604. The van der Waals surface area contributed by atoms with Crippen LogP contribution in [0.15, 0.2) is 23.2 Å². The van der Waals surface area contributed by atoms with Crippen LogP contribution >= 0.6 is 24.0 Å². The molecule has 0 amide bonds. The van der Waals surface area contributed by atoms with Crippen molar-refractivity contribution in [2.24, 2.45) is 16.6 Å². The van der Waals surface area contributed by atoms with Crippen molar-refractivity contribution in [3.8, 4) is 11.5 Å². The maximum Gasteiger partial charge on any atom is 0.193 e. The van der Waals surface area contributed by atoms with Gasteiger partial charge in [0.1, 0.15) is 0 Å². The zero-order chi connectivity index (χ0) is 19.1. The van der Waals surface area contributed by atoms with Crippen LogP contribution in [0.2, 0.25) is 0 Å². The minimum atomic E-state index is 0. The second-order valence-electron chi connectivity index (χ2n) is 7.07. The fourth-order valence-corrected chi connectivity index (χ4v) is 3.19. The average Bonchev–Trinajstić information content (AvgIpc) is 2.63. The predicted octanol–water partition coefficient (Wildman–Crippen LogP) is 2.32. The zero-order valence-electron chi connectivity index (χ0n) is 17.1. The molecule has 0 saturated carbocycles. The summed E-state index contributed by atoms with van der Waals surface area (Å²) in [6.45, 7) is 9.55. The van der Waals surface area contributed by atoms with Crippen LogP contribution in [0.1, 0.15) is 13.8 Å². The van der Waals surface area contributed by atoms with Gasteiger partial charge in [-0.1, -0.05) is 13.8 Å². The van der Waals surface area contributed by atoms with E-state index in [9.17, 15) is 0 Å². The van der Waals surface area contributed by atoms with E-state index < -0.39 is 0 Å². The summed E-state index contributed by atoms with van der Waals surface area (Å²) in [5.41, 5.74) is 6.93. The molecule has 0 spiro atoms. The number of methoxy groups -OCH3 is 2. The van der Waals surface area contributed by atoms with Crippen molar-refractivity contribution in [3.05, 3.63) is 18.2 Å². The van der Waals surface area contributed by atoms with Crippen molar-refractivity contribution in [1.29, 1.82) is 0 Å². The van der Waals surface area contributed by atoms with Gasteiger partial charge in [-0.05, 0) is 25.1 Å². The number of benzene rings is 1. The highest BCUT2D eigenvalue weighted by molar-refractivity contribution is 14.0. The molecule has 1 unspecified atom stereocenters. The number of ether oxygens (including phenoxy) is 2. The van der Waals surface area contributed by atoms with E-state index in [0.29, 0.717) is 36.0 Å². The number of halogens is 1. The molecule has 1 aliphatic rings. The number of hydrogen-bond acceptors (Lipinski definition) is 5. The number of nitrogens with one attached hydrogen (secondary N) is 1. The van der Waals surface area contributed by atoms with E-state index >= 15 is 0 Å². The van der Waals surface area contributed by atoms with Crippen LogP contribution in [0, 0.1) is 5.92 Å². The average molecular weight is 491 g/mol. The lowest BCUT2D eigenvalue weighted by molar-refractivity contribution is 0.0926. The maximum absolute atomic E-state index is 6.11. The van der Waals surface area contributed by atoms with Crippen molar-refractivity contribution < 1.29 is 9.47 Å². The third kappa shape index (κ3) is 7.00. The SMILES string of the molecule is COc1ccc(NC(N)=NCC(C(C)C)N2CCN(C)CC2)cc1OC.I. The van der Waals surface area contributed by atoms with Crippen LogP contribution in [-0.2, 0) is 0 Å². The molecular weight excluding hydrogens is 457 g/mol. The first-order valence-corrected chi connectivity index (χ1v) is 9.16. The molecule has 1 fully saturated rings. The van der Waals surface area contributed by atoms with E-state index in [1.807, 2.05) is 18.2 Å². The van der Waals surface area contributed by atoms with E-state index in [2.05, 4.69) is 41.0 Å². The van der Waals surface area contributed by atoms with Crippen LogP contribution in [0.5, 0.6) is 11.5 Å². The van der Waals surface area contributed by atoms with Crippen molar-refractivity contribution in [3.63, 3.8) is 0 Å². The van der Waals surface area contributed by atoms with Crippen LogP contribution in [0.3, 0.4) is 0 Å². The summed E-state index contributed by atoms with van der Waals surface area (Å²) in [5, 5.41) is 3.14. The first-order valence-electron chi connectivity index (χ1n) is 9.16. The summed E-state index contributed by atoms with van der Waals surface area (Å²) in [6, 6.07) is 5.98. The highest BCUT2D eigenvalue weighted by atomic mass is 127. The monoisotopic (exact) mass is 491 g/mol. The lowest BCUT2D eigenvalue weighted by Crippen LogP contribution is -2.51. The quantitative estimate of drug-likeness (QED) is 0.347. The number of guanidine groups is 1. The number of hydrogen-bond donors (Lipinski definition) is 2. The number of nitrogens with two attached hydrogens (primary N) is 1. The van der Waals surface area contributed by atoms with Crippen LogP contribution in [0.25, 0.3) is 0 Å². The van der Waals surface area contributed by atoms with Gasteiger partial charge in [0.15, 0.2) is 17.5 Å². The normalized spacial score (nSPS) is 17.3. The van der Waals surface area contributed by atoms with Gasteiger partial charge in [-0.25, -0.2) is 0 Å². The smallest absolute Gasteiger partial charge is 0.193 e. The van der Waals surface area contributed by atoms with Gasteiger partial charge in [0.25, 0.3) is 0 Å². The van der Waals surface area contributed by atoms with Gasteiger partial charge in [0, 0.05) is 44.0 Å².